The Labute approximate surface area is 136 Å². The minimum Gasteiger partial charge on any atom is -0.396 e. The SMILES string of the molecule is CCC1C(CO)C1(C)c1ccc2c(c1)C(C)(C)CCC2(C)C. The van der Waals surface area contributed by atoms with Crippen LogP contribution < -0.4 is 0 Å². The lowest BCUT2D eigenvalue weighted by atomic mass is 9.62. The fourth-order valence-electron chi connectivity index (χ4n) is 5.08. The van der Waals surface area contributed by atoms with Gasteiger partial charge in [-0.1, -0.05) is 66.2 Å². The van der Waals surface area contributed by atoms with Crippen LogP contribution in [0.5, 0.6) is 0 Å². The molecule has 0 spiro atoms. The van der Waals surface area contributed by atoms with Crippen molar-refractivity contribution in [2.24, 2.45) is 11.8 Å². The van der Waals surface area contributed by atoms with Crippen LogP contribution in [0.4, 0.5) is 0 Å². The molecule has 1 aromatic rings. The Kier molecular flexibility index (Phi) is 3.53. The molecular weight excluding hydrogens is 268 g/mol. The van der Waals surface area contributed by atoms with Gasteiger partial charge in [0.2, 0.25) is 0 Å². The highest BCUT2D eigenvalue weighted by Gasteiger charge is 2.60. The van der Waals surface area contributed by atoms with Crippen molar-refractivity contribution in [1.82, 2.24) is 0 Å². The summed E-state index contributed by atoms with van der Waals surface area (Å²) in [6.45, 7) is 14.5. The third-order valence-electron chi connectivity index (χ3n) is 7.03. The van der Waals surface area contributed by atoms with E-state index in [1.165, 1.54) is 24.0 Å². The van der Waals surface area contributed by atoms with Crippen LogP contribution in [0, 0.1) is 11.8 Å². The van der Waals surface area contributed by atoms with Gasteiger partial charge in [-0.25, -0.2) is 0 Å². The highest BCUT2D eigenvalue weighted by atomic mass is 16.3. The molecule has 1 nitrogen and oxygen atoms in total. The van der Waals surface area contributed by atoms with Gasteiger partial charge in [0.1, 0.15) is 0 Å². The van der Waals surface area contributed by atoms with Crippen molar-refractivity contribution in [1.29, 1.82) is 0 Å². The van der Waals surface area contributed by atoms with E-state index < -0.39 is 0 Å². The molecule has 0 heterocycles. The average Bonchev–Trinajstić information content (AvgIpc) is 3.09. The molecule has 2 aliphatic rings. The summed E-state index contributed by atoms with van der Waals surface area (Å²) in [5.41, 5.74) is 5.25. The first-order chi connectivity index (χ1) is 10.2. The number of benzene rings is 1. The Bertz CT molecular complexity index is 572. The molecule has 0 bridgehead atoms. The van der Waals surface area contributed by atoms with Crippen molar-refractivity contribution in [3.8, 4) is 0 Å². The summed E-state index contributed by atoms with van der Waals surface area (Å²) in [7, 11) is 0. The molecule has 0 amide bonds. The highest BCUT2D eigenvalue weighted by Crippen LogP contribution is 2.61. The predicted octanol–water partition coefficient (Wildman–Crippen LogP) is 4.94. The Hall–Kier alpha value is -0.820. The van der Waals surface area contributed by atoms with Crippen LogP contribution in [0.25, 0.3) is 0 Å². The van der Waals surface area contributed by atoms with Crippen LogP contribution in [0.3, 0.4) is 0 Å². The van der Waals surface area contributed by atoms with Gasteiger partial charge in [-0.05, 0) is 52.2 Å². The second kappa shape index (κ2) is 4.84. The second-order valence-corrected chi connectivity index (χ2v) is 9.11. The predicted molar refractivity (Wildman–Crippen MR) is 93.4 cm³/mol. The van der Waals surface area contributed by atoms with Gasteiger partial charge < -0.3 is 5.11 Å². The molecule has 0 saturated heterocycles. The molecule has 3 atom stereocenters. The molecule has 1 fully saturated rings. The Morgan fingerprint density at radius 2 is 1.55 bits per heavy atom. The van der Waals surface area contributed by atoms with Gasteiger partial charge in [0.05, 0.1) is 0 Å². The normalized spacial score (nSPS) is 35.0. The maximum Gasteiger partial charge on any atom is 0.0470 e. The smallest absolute Gasteiger partial charge is 0.0470 e. The quantitative estimate of drug-likeness (QED) is 0.838. The Morgan fingerprint density at radius 1 is 0.955 bits per heavy atom. The molecule has 3 unspecified atom stereocenters. The summed E-state index contributed by atoms with van der Waals surface area (Å²) in [4.78, 5) is 0. The van der Waals surface area contributed by atoms with Gasteiger partial charge in [-0.2, -0.15) is 0 Å². The summed E-state index contributed by atoms with van der Waals surface area (Å²) >= 11 is 0. The molecule has 0 aliphatic heterocycles. The Morgan fingerprint density at radius 3 is 2.05 bits per heavy atom. The standard InChI is InChI=1S/C21H32O/c1-7-15-18(13-22)21(15,6)14-8-9-16-17(12-14)20(4,5)11-10-19(16,2)3/h8-9,12,15,18,22H,7,10-11,13H2,1-6H3. The zero-order valence-corrected chi connectivity index (χ0v) is 15.2. The molecule has 22 heavy (non-hydrogen) atoms. The van der Waals surface area contributed by atoms with E-state index >= 15 is 0 Å². The lowest BCUT2D eigenvalue weighted by Gasteiger charge is -2.42. The zero-order chi connectivity index (χ0) is 16.3. The van der Waals surface area contributed by atoms with Crippen LogP contribution in [0.15, 0.2) is 18.2 Å². The largest absolute Gasteiger partial charge is 0.396 e. The van der Waals surface area contributed by atoms with Crippen LogP contribution >= 0.6 is 0 Å². The monoisotopic (exact) mass is 300 g/mol. The summed E-state index contributed by atoms with van der Waals surface area (Å²) in [6.07, 6.45) is 3.68. The fraction of sp³-hybridized carbons (Fsp3) is 0.714. The maximum absolute atomic E-state index is 9.73. The summed E-state index contributed by atoms with van der Waals surface area (Å²) in [6, 6.07) is 7.21. The van der Waals surface area contributed by atoms with E-state index in [2.05, 4.69) is 59.7 Å². The van der Waals surface area contributed by atoms with E-state index in [0.29, 0.717) is 18.4 Å². The molecule has 1 N–H and O–H groups in total. The molecule has 2 aliphatic carbocycles. The van der Waals surface area contributed by atoms with Gasteiger partial charge >= 0.3 is 0 Å². The first kappa shape index (κ1) is 16.1. The minimum absolute atomic E-state index is 0.177. The molecule has 122 valence electrons. The number of rotatable bonds is 3. The van der Waals surface area contributed by atoms with Crippen molar-refractivity contribution < 1.29 is 5.11 Å². The van der Waals surface area contributed by atoms with Gasteiger partial charge in [-0.3, -0.25) is 0 Å². The summed E-state index contributed by atoms with van der Waals surface area (Å²) in [5.74, 6) is 1.07. The first-order valence-electron chi connectivity index (χ1n) is 8.95. The molecule has 1 heteroatoms. The van der Waals surface area contributed by atoms with Gasteiger partial charge in [0, 0.05) is 12.0 Å². The zero-order valence-electron chi connectivity index (χ0n) is 15.2. The average molecular weight is 300 g/mol. The first-order valence-corrected chi connectivity index (χ1v) is 8.95. The van der Waals surface area contributed by atoms with Crippen molar-refractivity contribution in [2.75, 3.05) is 6.61 Å². The molecule has 1 aromatic carbocycles. The van der Waals surface area contributed by atoms with E-state index in [9.17, 15) is 5.11 Å². The fourth-order valence-corrected chi connectivity index (χ4v) is 5.08. The number of aliphatic hydroxyl groups excluding tert-OH is 1. The highest BCUT2D eigenvalue weighted by molar-refractivity contribution is 5.47. The maximum atomic E-state index is 9.73. The van der Waals surface area contributed by atoms with Gasteiger partial charge in [0.25, 0.3) is 0 Å². The van der Waals surface area contributed by atoms with E-state index in [4.69, 9.17) is 0 Å². The van der Waals surface area contributed by atoms with E-state index in [1.807, 2.05) is 0 Å². The second-order valence-electron chi connectivity index (χ2n) is 9.11. The minimum atomic E-state index is 0.177. The van der Waals surface area contributed by atoms with Crippen LogP contribution in [0.2, 0.25) is 0 Å². The number of hydrogen-bond acceptors (Lipinski definition) is 1. The van der Waals surface area contributed by atoms with Crippen molar-refractivity contribution in [3.05, 3.63) is 34.9 Å². The van der Waals surface area contributed by atoms with Crippen LogP contribution in [-0.4, -0.2) is 11.7 Å². The topological polar surface area (TPSA) is 20.2 Å². The van der Waals surface area contributed by atoms with E-state index in [-0.39, 0.29) is 16.2 Å². The summed E-state index contributed by atoms with van der Waals surface area (Å²) < 4.78 is 0. The third kappa shape index (κ3) is 2.08. The number of fused-ring (bicyclic) bond motifs is 1. The molecule has 0 radical (unpaired) electrons. The van der Waals surface area contributed by atoms with Gasteiger partial charge in [-0.15, -0.1) is 0 Å². The number of aliphatic hydroxyl groups is 1. The van der Waals surface area contributed by atoms with Crippen LogP contribution in [0.1, 0.15) is 77.5 Å². The van der Waals surface area contributed by atoms with E-state index in [1.54, 1.807) is 5.56 Å². The van der Waals surface area contributed by atoms with Gasteiger partial charge in [0.15, 0.2) is 0 Å². The molecule has 1 saturated carbocycles. The van der Waals surface area contributed by atoms with E-state index in [0.717, 1.165) is 6.42 Å². The molecular formula is C21H32O. The molecule has 3 rings (SSSR count). The molecule has 0 aromatic heterocycles. The van der Waals surface area contributed by atoms with Crippen molar-refractivity contribution >= 4 is 0 Å². The van der Waals surface area contributed by atoms with Crippen LogP contribution in [-0.2, 0) is 16.2 Å². The lowest BCUT2D eigenvalue weighted by molar-refractivity contribution is 0.261. The summed E-state index contributed by atoms with van der Waals surface area (Å²) in [5, 5.41) is 9.73. The van der Waals surface area contributed by atoms with Crippen molar-refractivity contribution in [2.45, 2.75) is 77.0 Å². The Balaban J connectivity index is 2.08. The third-order valence-corrected chi connectivity index (χ3v) is 7.03. The number of hydrogen-bond donors (Lipinski definition) is 1. The lowest BCUT2D eigenvalue weighted by Crippen LogP contribution is -2.34. The van der Waals surface area contributed by atoms with Crippen molar-refractivity contribution in [3.63, 3.8) is 0 Å².